The van der Waals surface area contributed by atoms with Crippen LogP contribution in [0.25, 0.3) is 5.70 Å². The summed E-state index contributed by atoms with van der Waals surface area (Å²) in [5.41, 5.74) is 2.85. The zero-order chi connectivity index (χ0) is 28.1. The molecule has 1 heterocycles. The number of allylic oxidation sites excluding steroid dienone is 5. The summed E-state index contributed by atoms with van der Waals surface area (Å²) in [6.07, 6.45) is 5.54. The summed E-state index contributed by atoms with van der Waals surface area (Å²) in [7, 11) is 0. The van der Waals surface area contributed by atoms with Crippen molar-refractivity contribution >= 4 is 23.3 Å². The van der Waals surface area contributed by atoms with Gasteiger partial charge in [-0.3, -0.25) is 9.59 Å². The van der Waals surface area contributed by atoms with Crippen molar-refractivity contribution in [3.8, 4) is 0 Å². The van der Waals surface area contributed by atoms with Crippen LogP contribution >= 0.6 is 0 Å². The molecule has 2 amide bonds. The van der Waals surface area contributed by atoms with E-state index in [0.29, 0.717) is 37.1 Å². The number of hydrogen-bond donors (Lipinski definition) is 2. The Labute approximate surface area is 225 Å². The maximum absolute atomic E-state index is 14.6. The summed E-state index contributed by atoms with van der Waals surface area (Å²) in [5.74, 6) is -0.963. The molecule has 2 rings (SSSR count). The number of nitrogens with zero attached hydrogens (tertiary/aromatic N) is 2. The van der Waals surface area contributed by atoms with Crippen molar-refractivity contribution in [3.63, 3.8) is 0 Å². The number of benzene rings is 1. The Balaban J connectivity index is 2.39. The first-order valence-electron chi connectivity index (χ1n) is 12.8. The largest absolute Gasteiger partial charge is 0.495 e. The number of nitrogens with one attached hydrogen (secondary N) is 2. The Morgan fingerprint density at radius 3 is 2.71 bits per heavy atom. The molecule has 1 fully saturated rings. The van der Waals surface area contributed by atoms with Crippen LogP contribution in [0, 0.1) is 5.92 Å². The van der Waals surface area contributed by atoms with Gasteiger partial charge in [-0.2, -0.15) is 5.10 Å². The maximum atomic E-state index is 14.6. The van der Waals surface area contributed by atoms with E-state index >= 15 is 0 Å². The Morgan fingerprint density at radius 2 is 2.08 bits per heavy atom. The number of amidine groups is 1. The molecule has 1 saturated heterocycles. The van der Waals surface area contributed by atoms with Crippen molar-refractivity contribution in [1.82, 2.24) is 15.6 Å². The van der Waals surface area contributed by atoms with Gasteiger partial charge >= 0.3 is 0 Å². The molecule has 1 aliphatic rings. The van der Waals surface area contributed by atoms with E-state index in [1.54, 1.807) is 18.9 Å². The standard InChI is InChI=1S/C29H39FN4O4/c1-7-15-38-21(5)26(30)14-13-20(4)34(33-22(6)32-29(36)25-17-28(35)31-18-25)27(8-2)24-12-10-11-23(16-24)19-37-9-3/h8,10-14,16,25H,4,7,9,15,17-19H2,1-3,5-6H3,(H,31,35)(H,32,33,36)/b14-13-,26-21-,27-8-. The van der Waals surface area contributed by atoms with Gasteiger partial charge in [0.25, 0.3) is 0 Å². The lowest BCUT2D eigenvalue weighted by Crippen LogP contribution is -2.36. The molecular formula is C29H39FN4O4. The smallest absolute Gasteiger partial charge is 0.230 e. The molecule has 2 N–H and O–H groups in total. The van der Waals surface area contributed by atoms with Gasteiger partial charge in [-0.05, 0) is 57.9 Å². The van der Waals surface area contributed by atoms with E-state index in [1.165, 1.54) is 12.2 Å². The zero-order valence-corrected chi connectivity index (χ0v) is 23.0. The van der Waals surface area contributed by atoms with Crippen LogP contribution < -0.4 is 10.6 Å². The zero-order valence-electron chi connectivity index (χ0n) is 23.0. The van der Waals surface area contributed by atoms with Crippen LogP contribution in [-0.4, -0.2) is 42.4 Å². The van der Waals surface area contributed by atoms with E-state index in [4.69, 9.17) is 9.47 Å². The lowest BCUT2D eigenvalue weighted by molar-refractivity contribution is -0.125. The first-order chi connectivity index (χ1) is 18.2. The molecule has 0 radical (unpaired) electrons. The second-order valence-electron chi connectivity index (χ2n) is 8.78. The number of hydrogen-bond acceptors (Lipinski definition) is 6. The predicted octanol–water partition coefficient (Wildman–Crippen LogP) is 5.17. The number of carbonyl (C=O) groups is 2. The lowest BCUT2D eigenvalue weighted by Gasteiger charge is -2.24. The monoisotopic (exact) mass is 526 g/mol. The van der Waals surface area contributed by atoms with Crippen molar-refractivity contribution in [1.29, 1.82) is 0 Å². The quantitative estimate of drug-likeness (QED) is 0.122. The molecular weight excluding hydrogens is 487 g/mol. The molecule has 9 heteroatoms. The minimum atomic E-state index is -0.521. The third-order valence-electron chi connectivity index (χ3n) is 5.65. The van der Waals surface area contributed by atoms with Gasteiger partial charge in [0.15, 0.2) is 5.83 Å². The number of rotatable bonds is 13. The maximum Gasteiger partial charge on any atom is 0.230 e. The minimum Gasteiger partial charge on any atom is -0.495 e. The molecule has 1 unspecified atom stereocenters. The van der Waals surface area contributed by atoms with Crippen molar-refractivity contribution in [3.05, 3.63) is 77.5 Å². The summed E-state index contributed by atoms with van der Waals surface area (Å²) in [5, 5.41) is 11.6. The highest BCUT2D eigenvalue weighted by Gasteiger charge is 2.28. The average molecular weight is 527 g/mol. The summed E-state index contributed by atoms with van der Waals surface area (Å²) in [6, 6.07) is 7.80. The number of halogens is 1. The van der Waals surface area contributed by atoms with Crippen LogP contribution in [-0.2, 0) is 25.7 Å². The number of amides is 2. The van der Waals surface area contributed by atoms with Gasteiger partial charge in [-0.25, -0.2) is 9.40 Å². The van der Waals surface area contributed by atoms with Crippen molar-refractivity contribution in [2.45, 2.75) is 54.1 Å². The van der Waals surface area contributed by atoms with Crippen LogP contribution in [0.4, 0.5) is 4.39 Å². The van der Waals surface area contributed by atoms with E-state index in [2.05, 4.69) is 22.3 Å². The normalized spacial score (nSPS) is 16.8. The van der Waals surface area contributed by atoms with Gasteiger partial charge in [0, 0.05) is 25.1 Å². The van der Waals surface area contributed by atoms with Crippen molar-refractivity contribution in [2.24, 2.45) is 11.0 Å². The van der Waals surface area contributed by atoms with Gasteiger partial charge in [0.05, 0.1) is 30.5 Å². The summed E-state index contributed by atoms with van der Waals surface area (Å²) in [4.78, 5) is 24.2. The molecule has 38 heavy (non-hydrogen) atoms. The predicted molar refractivity (Wildman–Crippen MR) is 148 cm³/mol. The average Bonchev–Trinajstić information content (AvgIpc) is 3.35. The van der Waals surface area contributed by atoms with E-state index in [0.717, 1.165) is 17.5 Å². The molecule has 0 spiro atoms. The van der Waals surface area contributed by atoms with Crippen LogP contribution in [0.1, 0.15) is 58.6 Å². The summed E-state index contributed by atoms with van der Waals surface area (Å²) >= 11 is 0. The highest BCUT2D eigenvalue weighted by Crippen LogP contribution is 2.26. The second-order valence-corrected chi connectivity index (χ2v) is 8.78. The van der Waals surface area contributed by atoms with E-state index in [9.17, 15) is 14.0 Å². The van der Waals surface area contributed by atoms with E-state index < -0.39 is 11.7 Å². The van der Waals surface area contributed by atoms with Crippen molar-refractivity contribution < 1.29 is 23.5 Å². The van der Waals surface area contributed by atoms with Crippen LogP contribution in [0.2, 0.25) is 0 Å². The van der Waals surface area contributed by atoms with E-state index in [-0.39, 0.29) is 30.5 Å². The Kier molecular flexibility index (Phi) is 12.5. The van der Waals surface area contributed by atoms with Gasteiger partial charge in [0.1, 0.15) is 11.6 Å². The third-order valence-corrected chi connectivity index (χ3v) is 5.65. The Hall–Kier alpha value is -3.72. The molecule has 1 aromatic carbocycles. The van der Waals surface area contributed by atoms with Crippen LogP contribution in [0.5, 0.6) is 0 Å². The van der Waals surface area contributed by atoms with Gasteiger partial charge in [-0.15, -0.1) is 0 Å². The molecule has 0 bridgehead atoms. The molecule has 1 atom stereocenters. The minimum absolute atomic E-state index is 0.135. The van der Waals surface area contributed by atoms with Crippen LogP contribution in [0.3, 0.4) is 0 Å². The molecule has 0 aliphatic carbocycles. The van der Waals surface area contributed by atoms with Gasteiger partial charge < -0.3 is 20.1 Å². The Morgan fingerprint density at radius 1 is 1.32 bits per heavy atom. The van der Waals surface area contributed by atoms with Gasteiger partial charge in [-0.1, -0.05) is 37.8 Å². The van der Waals surface area contributed by atoms with Gasteiger partial charge in [0.2, 0.25) is 11.8 Å². The first kappa shape index (κ1) is 30.5. The Bertz CT molecular complexity index is 1120. The van der Waals surface area contributed by atoms with Crippen LogP contribution in [0.15, 0.2) is 71.5 Å². The topological polar surface area (TPSA) is 92.3 Å². The number of carbonyl (C=O) groups excluding carboxylic acids is 2. The fourth-order valence-corrected chi connectivity index (χ4v) is 3.65. The molecule has 206 valence electrons. The fraction of sp³-hybridized carbons (Fsp3) is 0.414. The summed E-state index contributed by atoms with van der Waals surface area (Å²) < 4.78 is 25.5. The highest BCUT2D eigenvalue weighted by molar-refractivity contribution is 6.00. The number of ether oxygens (including phenoxy) is 2. The second kappa shape index (κ2) is 15.5. The SMILES string of the molecule is C=C(/C=C\C(F)=C(/C)OCCC)N(/N=C(\C)NC(=O)C1CNC(=O)C1)/C(=C\C)c1cccc(COCC)c1. The molecule has 8 nitrogen and oxygen atoms in total. The first-order valence-corrected chi connectivity index (χ1v) is 12.8. The molecule has 0 saturated carbocycles. The summed E-state index contributed by atoms with van der Waals surface area (Å²) in [6.45, 7) is 14.8. The fourth-order valence-electron chi connectivity index (χ4n) is 3.65. The third kappa shape index (κ3) is 9.30. The molecule has 0 aromatic heterocycles. The lowest BCUT2D eigenvalue weighted by atomic mass is 10.1. The van der Waals surface area contributed by atoms with Crippen molar-refractivity contribution in [2.75, 3.05) is 19.8 Å². The molecule has 1 aromatic rings. The van der Waals surface area contributed by atoms with E-state index in [1.807, 2.05) is 51.1 Å². The molecule has 1 aliphatic heterocycles. The highest BCUT2D eigenvalue weighted by atomic mass is 19.1. The number of hydrazone groups is 1.